The van der Waals surface area contributed by atoms with Crippen LogP contribution in [0.25, 0.3) is 0 Å². The summed E-state index contributed by atoms with van der Waals surface area (Å²) in [5, 5.41) is 9.28. The molecule has 0 bridgehead atoms. The van der Waals surface area contributed by atoms with Crippen LogP contribution in [0.4, 0.5) is 0 Å². The van der Waals surface area contributed by atoms with Crippen molar-refractivity contribution in [2.75, 3.05) is 13.2 Å². The maximum Gasteiger partial charge on any atom is 0.312 e. The van der Waals surface area contributed by atoms with Gasteiger partial charge in [-0.2, -0.15) is 0 Å². The van der Waals surface area contributed by atoms with E-state index in [0.717, 1.165) is 70.6 Å². The fourth-order valence-corrected chi connectivity index (χ4v) is 12.2. The Labute approximate surface area is 325 Å². The highest BCUT2D eigenvalue weighted by molar-refractivity contribution is 5.78. The fourth-order valence-electron chi connectivity index (χ4n) is 12.2. The van der Waals surface area contributed by atoms with Crippen LogP contribution in [0.15, 0.2) is 24.3 Å². The maximum absolute atomic E-state index is 14.0. The van der Waals surface area contributed by atoms with Crippen molar-refractivity contribution in [1.82, 2.24) is 0 Å². The number of carboxylic acid groups (broad SMARTS) is 1. The Bertz CT molecular complexity index is 1760. The van der Waals surface area contributed by atoms with E-state index < -0.39 is 16.8 Å². The van der Waals surface area contributed by atoms with Crippen molar-refractivity contribution in [2.45, 2.75) is 175 Å². The standard InChI is InChI=1S/C48H68O6/c1-30(2)36-27-34-16-18-40-45(6,38(34)26-32(36)5)20-11-22-47(40,8)43(51)53-24-13-25-54-44(52)48(9)23-12-21-46(7)39-29-33(14-10-15-42(49)50)37(31(3)4)28-35(39)17-19-41(46)48/h26-31,40-41H,10-25H2,1-9H3,(H,49,50). The molecule has 4 aliphatic rings. The molecule has 6 atom stereocenters. The minimum atomic E-state index is -0.752. The second-order valence-electron chi connectivity index (χ2n) is 19.3. The number of carbonyl (C=O) groups excluding carboxylic acids is 2. The lowest BCUT2D eigenvalue weighted by molar-refractivity contribution is -0.167. The number of ether oxygens (including phenoxy) is 2. The van der Waals surface area contributed by atoms with E-state index in [-0.39, 0.29) is 54.2 Å². The number of aryl methyl sites for hydroxylation is 4. The summed E-state index contributed by atoms with van der Waals surface area (Å²) in [6.07, 6.45) is 11.7. The van der Waals surface area contributed by atoms with Gasteiger partial charge in [-0.1, -0.05) is 78.6 Å². The third kappa shape index (κ3) is 7.18. The molecule has 4 aliphatic carbocycles. The average molecular weight is 741 g/mol. The lowest BCUT2D eigenvalue weighted by Crippen LogP contribution is -2.53. The molecule has 6 heteroatoms. The van der Waals surface area contributed by atoms with Crippen LogP contribution in [0.1, 0.15) is 182 Å². The number of carbonyl (C=O) groups is 3. The summed E-state index contributed by atoms with van der Waals surface area (Å²) in [5.41, 5.74) is 9.70. The minimum Gasteiger partial charge on any atom is -0.481 e. The van der Waals surface area contributed by atoms with Gasteiger partial charge in [0.15, 0.2) is 0 Å². The first kappa shape index (κ1) is 40.5. The topological polar surface area (TPSA) is 89.9 Å². The molecule has 1 N–H and O–H groups in total. The van der Waals surface area contributed by atoms with E-state index in [0.29, 0.717) is 24.7 Å². The molecule has 0 spiro atoms. The zero-order chi connectivity index (χ0) is 39.2. The van der Waals surface area contributed by atoms with Crippen LogP contribution >= 0.6 is 0 Å². The molecule has 2 fully saturated rings. The Morgan fingerprint density at radius 2 is 1.19 bits per heavy atom. The first-order valence-electron chi connectivity index (χ1n) is 21.3. The van der Waals surface area contributed by atoms with Gasteiger partial charge in [-0.15, -0.1) is 0 Å². The largest absolute Gasteiger partial charge is 0.481 e. The van der Waals surface area contributed by atoms with Gasteiger partial charge < -0.3 is 14.6 Å². The van der Waals surface area contributed by atoms with E-state index in [4.69, 9.17) is 9.47 Å². The smallest absolute Gasteiger partial charge is 0.312 e. The molecule has 0 heterocycles. The lowest BCUT2D eigenvalue weighted by atomic mass is 9.49. The Morgan fingerprint density at radius 1 is 0.704 bits per heavy atom. The van der Waals surface area contributed by atoms with Crippen LogP contribution in [0, 0.1) is 29.6 Å². The van der Waals surface area contributed by atoms with Crippen LogP contribution in [0.3, 0.4) is 0 Å². The zero-order valence-corrected chi connectivity index (χ0v) is 34.9. The highest BCUT2D eigenvalue weighted by Crippen LogP contribution is 2.59. The molecule has 296 valence electrons. The molecule has 6 nitrogen and oxygen atoms in total. The van der Waals surface area contributed by atoms with Crippen molar-refractivity contribution in [1.29, 1.82) is 0 Å². The van der Waals surface area contributed by atoms with E-state index in [9.17, 15) is 19.5 Å². The van der Waals surface area contributed by atoms with Crippen LogP contribution in [0.2, 0.25) is 0 Å². The molecule has 0 radical (unpaired) electrons. The molecule has 6 unspecified atom stereocenters. The van der Waals surface area contributed by atoms with Crippen molar-refractivity contribution in [3.8, 4) is 0 Å². The molecule has 0 saturated heterocycles. The Hall–Kier alpha value is -3.15. The minimum absolute atomic E-state index is 0.0440. The number of benzene rings is 2. The summed E-state index contributed by atoms with van der Waals surface area (Å²) in [5.74, 6) is 0.291. The molecular weight excluding hydrogens is 673 g/mol. The van der Waals surface area contributed by atoms with Gasteiger partial charge in [-0.3, -0.25) is 14.4 Å². The molecule has 0 amide bonds. The van der Waals surface area contributed by atoms with Gasteiger partial charge in [0.25, 0.3) is 0 Å². The number of hydrogen-bond acceptors (Lipinski definition) is 5. The number of fused-ring (bicyclic) bond motifs is 6. The number of carboxylic acids is 1. The predicted octanol–water partition coefficient (Wildman–Crippen LogP) is 10.8. The third-order valence-electron chi connectivity index (χ3n) is 15.1. The van der Waals surface area contributed by atoms with E-state index in [2.05, 4.69) is 86.6 Å². The van der Waals surface area contributed by atoms with Crippen molar-refractivity contribution in [2.24, 2.45) is 22.7 Å². The van der Waals surface area contributed by atoms with E-state index in [1.165, 1.54) is 44.5 Å². The van der Waals surface area contributed by atoms with Crippen molar-refractivity contribution < 1.29 is 29.0 Å². The zero-order valence-electron chi connectivity index (χ0n) is 34.9. The lowest BCUT2D eigenvalue weighted by Gasteiger charge is -2.54. The Balaban J connectivity index is 1.08. The molecule has 54 heavy (non-hydrogen) atoms. The van der Waals surface area contributed by atoms with Crippen LogP contribution in [0.5, 0.6) is 0 Å². The number of esters is 2. The Kier molecular flexibility index (Phi) is 11.6. The Morgan fingerprint density at radius 3 is 1.67 bits per heavy atom. The van der Waals surface area contributed by atoms with Gasteiger partial charge in [0, 0.05) is 12.8 Å². The normalized spacial score (nSPS) is 30.2. The predicted molar refractivity (Wildman–Crippen MR) is 215 cm³/mol. The van der Waals surface area contributed by atoms with Crippen molar-refractivity contribution >= 4 is 17.9 Å². The van der Waals surface area contributed by atoms with Crippen molar-refractivity contribution in [3.05, 3.63) is 68.8 Å². The van der Waals surface area contributed by atoms with Crippen LogP contribution in [-0.2, 0) is 53.9 Å². The summed E-state index contributed by atoms with van der Waals surface area (Å²) in [6, 6.07) is 9.62. The van der Waals surface area contributed by atoms with Gasteiger partial charge in [0.1, 0.15) is 0 Å². The van der Waals surface area contributed by atoms with Crippen LogP contribution in [-0.4, -0.2) is 36.2 Å². The molecule has 0 aromatic heterocycles. The molecule has 2 saturated carbocycles. The molecule has 2 aromatic carbocycles. The number of aliphatic carboxylic acids is 1. The van der Waals surface area contributed by atoms with E-state index >= 15 is 0 Å². The molecular formula is C48H68O6. The highest BCUT2D eigenvalue weighted by Gasteiger charge is 2.57. The fraction of sp³-hybridized carbons (Fsp3) is 0.688. The monoisotopic (exact) mass is 741 g/mol. The van der Waals surface area contributed by atoms with Gasteiger partial charge in [0.2, 0.25) is 0 Å². The summed E-state index contributed by atoms with van der Waals surface area (Å²) in [6.45, 7) is 20.7. The SMILES string of the molecule is Cc1cc2c(cc1C(C)C)CCC1C(C)(C(=O)OCCCOC(=O)C3(C)CCCC4(C)c5cc(CCCC(=O)O)c(C(C)C)cc5CCC34)CCCC21C. The van der Waals surface area contributed by atoms with E-state index in [1.54, 1.807) is 0 Å². The average Bonchev–Trinajstić information content (AvgIpc) is 3.10. The first-order chi connectivity index (χ1) is 25.5. The second kappa shape index (κ2) is 15.4. The van der Waals surface area contributed by atoms with Gasteiger partial charge >= 0.3 is 17.9 Å². The molecule has 0 aliphatic heterocycles. The third-order valence-corrected chi connectivity index (χ3v) is 15.1. The number of hydrogen-bond donors (Lipinski definition) is 1. The molecule has 2 aromatic rings. The second-order valence-corrected chi connectivity index (χ2v) is 19.3. The van der Waals surface area contributed by atoms with Gasteiger partial charge in [0.05, 0.1) is 24.0 Å². The van der Waals surface area contributed by atoms with Crippen LogP contribution < -0.4 is 0 Å². The van der Waals surface area contributed by atoms with Gasteiger partial charge in [-0.25, -0.2) is 0 Å². The van der Waals surface area contributed by atoms with E-state index in [1.807, 2.05) is 0 Å². The maximum atomic E-state index is 14.0. The van der Waals surface area contributed by atoms with Crippen molar-refractivity contribution in [3.63, 3.8) is 0 Å². The summed E-state index contributed by atoms with van der Waals surface area (Å²) < 4.78 is 12.1. The summed E-state index contributed by atoms with van der Waals surface area (Å²) in [4.78, 5) is 39.3. The number of rotatable bonds is 12. The highest BCUT2D eigenvalue weighted by atomic mass is 16.5. The summed E-state index contributed by atoms with van der Waals surface area (Å²) >= 11 is 0. The van der Waals surface area contributed by atoms with Gasteiger partial charge in [-0.05, 0) is 164 Å². The molecule has 6 rings (SSSR count). The quantitative estimate of drug-likeness (QED) is 0.172. The summed E-state index contributed by atoms with van der Waals surface area (Å²) in [7, 11) is 0. The first-order valence-corrected chi connectivity index (χ1v) is 21.3.